The van der Waals surface area contributed by atoms with Gasteiger partial charge in [0, 0.05) is 44.5 Å². The molecule has 8 nitrogen and oxygen atoms in total. The van der Waals surface area contributed by atoms with Gasteiger partial charge in [0.05, 0.1) is 39.4 Å². The van der Waals surface area contributed by atoms with Gasteiger partial charge in [0.15, 0.2) is 0 Å². The number of hydrogen-bond donors (Lipinski definition) is 2. The van der Waals surface area contributed by atoms with E-state index in [0.717, 1.165) is 34.7 Å². The van der Waals surface area contributed by atoms with Gasteiger partial charge in [0.1, 0.15) is 0 Å². The first-order valence-electron chi connectivity index (χ1n) is 12.0. The Kier molecular flexibility index (Phi) is 12.9. The topological polar surface area (TPSA) is 89.0 Å². The molecule has 0 fully saturated rings. The zero-order valence-electron chi connectivity index (χ0n) is 23.0. The number of rotatable bonds is 9. The van der Waals surface area contributed by atoms with Gasteiger partial charge < -0.3 is 39.5 Å². The Morgan fingerprint density at radius 2 is 1.44 bits per heavy atom. The number of anilines is 1. The average molecular weight is 710 g/mol. The molecule has 4 aromatic rings. The van der Waals surface area contributed by atoms with Crippen LogP contribution in [0.15, 0.2) is 60.9 Å². The van der Waals surface area contributed by atoms with Crippen molar-refractivity contribution in [1.82, 2.24) is 15.3 Å². The molecule has 2 aromatic carbocycles. The van der Waals surface area contributed by atoms with Crippen molar-refractivity contribution in [3.05, 3.63) is 84.2 Å². The van der Waals surface area contributed by atoms with E-state index in [1.807, 2.05) is 74.6 Å². The number of aliphatic hydroxyl groups is 1. The van der Waals surface area contributed by atoms with Gasteiger partial charge in [0.25, 0.3) is 0 Å². The van der Waals surface area contributed by atoms with Crippen LogP contribution in [0.1, 0.15) is 11.1 Å². The van der Waals surface area contributed by atoms with Gasteiger partial charge >= 0.3 is 21.1 Å². The number of methoxy groups -OCH3 is 3. The number of aromatic nitrogens is 2. The second-order valence-electron chi connectivity index (χ2n) is 8.42. The van der Waals surface area contributed by atoms with E-state index >= 15 is 0 Å². The van der Waals surface area contributed by atoms with Crippen molar-refractivity contribution in [2.75, 3.05) is 47.4 Å². The van der Waals surface area contributed by atoms with E-state index in [-0.39, 0.29) is 27.7 Å². The molecule has 2 N–H and O–H groups in total. The van der Waals surface area contributed by atoms with Crippen LogP contribution in [0.4, 0.5) is 5.69 Å². The van der Waals surface area contributed by atoms with Gasteiger partial charge in [-0.05, 0) is 36.1 Å². The monoisotopic (exact) mass is 709 g/mol. The van der Waals surface area contributed by atoms with E-state index in [0.29, 0.717) is 22.8 Å². The third-order valence-corrected chi connectivity index (χ3v) is 5.68. The molecule has 0 saturated heterocycles. The molecule has 0 aliphatic rings. The molecule has 0 aliphatic carbocycles. The molecule has 2 aromatic heterocycles. The van der Waals surface area contributed by atoms with Crippen LogP contribution >= 0.6 is 0 Å². The fourth-order valence-corrected chi connectivity index (χ4v) is 3.69. The van der Waals surface area contributed by atoms with Gasteiger partial charge in [-0.2, -0.15) is 0 Å². The summed E-state index contributed by atoms with van der Waals surface area (Å²) in [4.78, 5) is 10.7. The van der Waals surface area contributed by atoms with Crippen molar-refractivity contribution in [2.45, 2.75) is 13.2 Å². The maximum Gasteiger partial charge on any atom is 2.00 e. The molecule has 208 valence electrons. The molecule has 9 heteroatoms. The first-order valence-corrected chi connectivity index (χ1v) is 12.0. The second-order valence-corrected chi connectivity index (χ2v) is 8.42. The summed E-state index contributed by atoms with van der Waals surface area (Å²) < 4.78 is 15.6. The second kappa shape index (κ2) is 15.8. The van der Waals surface area contributed by atoms with Crippen molar-refractivity contribution < 1.29 is 40.4 Å². The Balaban J connectivity index is 0.000000267. The molecular weight excluding hydrogens is 675 g/mol. The minimum atomic E-state index is -0.107. The summed E-state index contributed by atoms with van der Waals surface area (Å²) in [5.74, 6) is 1.88. The molecule has 2 heterocycles. The van der Waals surface area contributed by atoms with Crippen molar-refractivity contribution in [3.63, 3.8) is 0 Å². The Morgan fingerprint density at radius 1 is 0.821 bits per heavy atom. The molecule has 0 aliphatic heterocycles. The normalized spacial score (nSPS) is 10.0. The molecule has 0 unspecified atom stereocenters. The molecule has 0 amide bonds. The molecule has 0 bridgehead atoms. The minimum Gasteiger partial charge on any atom is -0.540 e. The van der Waals surface area contributed by atoms with Crippen LogP contribution in [0.3, 0.4) is 0 Å². The SMILES string of the molecule is CNCc1ccnc(-c2[c-]c(OC)c(OC)cc2)c1.COc1ccc(-c2cc(N(C)C)ccn2)[c-]c1CO.[Pt+2]. The number of hydrogen-bond acceptors (Lipinski definition) is 8. The minimum absolute atomic E-state index is 0. The van der Waals surface area contributed by atoms with Crippen molar-refractivity contribution in [1.29, 1.82) is 0 Å². The van der Waals surface area contributed by atoms with Gasteiger partial charge in [0.2, 0.25) is 0 Å². The number of ether oxygens (including phenoxy) is 3. The Morgan fingerprint density at radius 3 is 2.03 bits per heavy atom. The predicted octanol–water partition coefficient (Wildman–Crippen LogP) is 4.40. The quantitative estimate of drug-likeness (QED) is 0.248. The van der Waals surface area contributed by atoms with E-state index in [1.165, 1.54) is 5.56 Å². The maximum atomic E-state index is 9.32. The summed E-state index contributed by atoms with van der Waals surface area (Å²) >= 11 is 0. The van der Waals surface area contributed by atoms with Gasteiger partial charge in [-0.3, -0.25) is 0 Å². The summed E-state index contributed by atoms with van der Waals surface area (Å²) in [6.45, 7) is 0.702. The Labute approximate surface area is 245 Å². The third kappa shape index (κ3) is 8.52. The number of nitrogens with zero attached hydrogens (tertiary/aromatic N) is 3. The summed E-state index contributed by atoms with van der Waals surface area (Å²) in [5.41, 5.74) is 6.30. The number of benzene rings is 2. The zero-order valence-corrected chi connectivity index (χ0v) is 25.3. The van der Waals surface area contributed by atoms with Crippen LogP contribution in [0, 0.1) is 12.1 Å². The zero-order chi connectivity index (χ0) is 27.5. The largest absolute Gasteiger partial charge is 2.00 e. The van der Waals surface area contributed by atoms with Crippen LogP contribution in [0.5, 0.6) is 17.2 Å². The molecular formula is C30H34N4O4Pt. The summed E-state index contributed by atoms with van der Waals surface area (Å²) in [6, 6.07) is 21.8. The summed E-state index contributed by atoms with van der Waals surface area (Å²) in [7, 11) is 10.7. The van der Waals surface area contributed by atoms with Gasteiger partial charge in [-0.1, -0.05) is 23.8 Å². The summed E-state index contributed by atoms with van der Waals surface area (Å²) in [5, 5.41) is 12.4. The number of pyridine rings is 2. The average Bonchev–Trinajstić information content (AvgIpc) is 2.97. The molecule has 0 saturated carbocycles. The van der Waals surface area contributed by atoms with Crippen LogP contribution in [0.2, 0.25) is 0 Å². The first kappa shape index (κ1) is 31.8. The van der Waals surface area contributed by atoms with Gasteiger partial charge in [-0.15, -0.1) is 41.5 Å². The van der Waals surface area contributed by atoms with Crippen LogP contribution in [-0.2, 0) is 34.2 Å². The molecule has 39 heavy (non-hydrogen) atoms. The van der Waals surface area contributed by atoms with E-state index in [4.69, 9.17) is 14.2 Å². The van der Waals surface area contributed by atoms with E-state index in [1.54, 1.807) is 33.7 Å². The van der Waals surface area contributed by atoms with E-state index in [9.17, 15) is 5.11 Å². The molecule has 0 radical (unpaired) electrons. The molecule has 0 spiro atoms. The Bertz CT molecular complexity index is 1330. The van der Waals surface area contributed by atoms with Crippen molar-refractivity contribution in [2.24, 2.45) is 0 Å². The smallest absolute Gasteiger partial charge is 0.540 e. The van der Waals surface area contributed by atoms with Gasteiger partial charge in [-0.25, -0.2) is 0 Å². The van der Waals surface area contributed by atoms with Crippen LogP contribution in [0.25, 0.3) is 22.5 Å². The van der Waals surface area contributed by atoms with Crippen molar-refractivity contribution >= 4 is 5.69 Å². The molecule has 4 rings (SSSR count). The predicted molar refractivity (Wildman–Crippen MR) is 150 cm³/mol. The van der Waals surface area contributed by atoms with E-state index < -0.39 is 0 Å². The number of nitrogens with one attached hydrogen (secondary N) is 1. The van der Waals surface area contributed by atoms with E-state index in [2.05, 4.69) is 27.4 Å². The standard InChI is InChI=1S/2C15H17N2O2.Pt/c1-16-10-11-6-7-17-13(8-11)12-4-5-14(18-2)15(9-12)19-3;1-17(2)13-6-7-16-14(9-13)11-4-5-15(19-3)12(8-11)10-18;/h4-8,16H,10H2,1-3H3;4-7,9,18H,10H2,1-3H3;/q2*-1;+2. The summed E-state index contributed by atoms with van der Waals surface area (Å²) in [6.07, 6.45) is 3.56. The fourth-order valence-electron chi connectivity index (χ4n) is 3.69. The first-order chi connectivity index (χ1) is 18.4. The van der Waals surface area contributed by atoms with Crippen molar-refractivity contribution in [3.8, 4) is 39.8 Å². The molecule has 0 atom stereocenters. The third-order valence-electron chi connectivity index (χ3n) is 5.68. The maximum absolute atomic E-state index is 9.32. The van der Waals surface area contributed by atoms with Crippen LogP contribution in [-0.4, -0.2) is 57.5 Å². The van der Waals surface area contributed by atoms with Crippen LogP contribution < -0.4 is 24.4 Å². The number of aliphatic hydroxyl groups excluding tert-OH is 1. The fraction of sp³-hybridized carbons (Fsp3) is 0.267. The Hall–Kier alpha value is -3.45.